The van der Waals surface area contributed by atoms with Crippen molar-refractivity contribution in [2.24, 2.45) is 0 Å². The van der Waals surface area contributed by atoms with E-state index in [1.807, 2.05) is 11.4 Å². The summed E-state index contributed by atoms with van der Waals surface area (Å²) in [7, 11) is 3.26. The monoisotopic (exact) mass is 267 g/mol. The van der Waals surface area contributed by atoms with Crippen LogP contribution >= 0.6 is 11.3 Å². The second kappa shape index (κ2) is 7.17. The van der Waals surface area contributed by atoms with E-state index in [1.165, 1.54) is 7.11 Å². The fourth-order valence-electron chi connectivity index (χ4n) is 1.39. The third-order valence-corrected chi connectivity index (χ3v) is 3.36. The molecule has 1 amide bonds. The summed E-state index contributed by atoms with van der Waals surface area (Å²) < 4.78 is 4.99. The molecule has 0 saturated heterocycles. The van der Waals surface area contributed by atoms with Crippen LogP contribution < -0.4 is 0 Å². The molecule has 4 nitrogen and oxygen atoms in total. The Labute approximate surface area is 111 Å². The Morgan fingerprint density at radius 3 is 3.00 bits per heavy atom. The number of amides is 1. The Kier molecular flexibility index (Phi) is 5.86. The predicted octanol–water partition coefficient (Wildman–Crippen LogP) is 1.09. The zero-order valence-corrected chi connectivity index (χ0v) is 11.6. The van der Waals surface area contributed by atoms with Crippen LogP contribution in [0, 0.1) is 11.8 Å². The smallest absolute Gasteiger partial charge is 0.251 e. The second-order valence-corrected chi connectivity index (χ2v) is 4.83. The van der Waals surface area contributed by atoms with E-state index < -0.39 is 6.10 Å². The number of hydrogen-bond acceptors (Lipinski definition) is 4. The van der Waals surface area contributed by atoms with Gasteiger partial charge in [-0.25, -0.2) is 0 Å². The molecule has 0 spiro atoms. The van der Waals surface area contributed by atoms with Crippen molar-refractivity contribution in [3.8, 4) is 11.8 Å². The molecule has 1 atom stereocenters. The molecule has 0 saturated carbocycles. The zero-order chi connectivity index (χ0) is 13.5. The number of methoxy groups -OCH3 is 1. The molecule has 0 aliphatic carbocycles. The van der Waals surface area contributed by atoms with Gasteiger partial charge < -0.3 is 14.7 Å². The van der Waals surface area contributed by atoms with Crippen LogP contribution in [0.3, 0.4) is 0 Å². The maximum absolute atomic E-state index is 11.8. The van der Waals surface area contributed by atoms with Gasteiger partial charge in [0.05, 0.1) is 6.54 Å². The van der Waals surface area contributed by atoms with E-state index in [1.54, 1.807) is 30.2 Å². The topological polar surface area (TPSA) is 49.8 Å². The van der Waals surface area contributed by atoms with Crippen LogP contribution in [0.2, 0.25) is 0 Å². The highest BCUT2D eigenvalue weighted by Crippen LogP contribution is 2.16. The van der Waals surface area contributed by atoms with Gasteiger partial charge in [-0.2, -0.15) is 0 Å². The molecule has 0 radical (unpaired) electrons. The summed E-state index contributed by atoms with van der Waals surface area (Å²) >= 11 is 1.55. The van der Waals surface area contributed by atoms with Gasteiger partial charge in [-0.15, -0.1) is 11.3 Å². The molecule has 0 aromatic carbocycles. The minimum absolute atomic E-state index is 0.0473. The molecular formula is C13H17NO3S. The van der Waals surface area contributed by atoms with Crippen LogP contribution in [0.15, 0.2) is 11.4 Å². The number of thiophene rings is 1. The number of hydrogen-bond donors (Lipinski definition) is 1. The maximum atomic E-state index is 11.8. The summed E-state index contributed by atoms with van der Waals surface area (Å²) in [6.45, 7) is 2.12. The van der Waals surface area contributed by atoms with E-state index in [2.05, 4.69) is 11.8 Å². The Morgan fingerprint density at radius 1 is 1.67 bits per heavy atom. The molecule has 5 heteroatoms. The SMILES string of the molecule is COC(C)C(=O)N(C)Cc1cc(C#CCO)cs1. The Hall–Kier alpha value is -1.35. The molecule has 1 unspecified atom stereocenters. The van der Waals surface area contributed by atoms with Crippen molar-refractivity contribution in [1.82, 2.24) is 4.90 Å². The van der Waals surface area contributed by atoms with Crippen molar-refractivity contribution in [3.05, 3.63) is 21.9 Å². The van der Waals surface area contributed by atoms with Gasteiger partial charge in [0.15, 0.2) is 0 Å². The van der Waals surface area contributed by atoms with Gasteiger partial charge in [-0.3, -0.25) is 4.79 Å². The van der Waals surface area contributed by atoms with Crippen molar-refractivity contribution in [3.63, 3.8) is 0 Å². The van der Waals surface area contributed by atoms with Crippen LogP contribution in [0.4, 0.5) is 0 Å². The lowest BCUT2D eigenvalue weighted by atomic mass is 10.3. The second-order valence-electron chi connectivity index (χ2n) is 3.83. The van der Waals surface area contributed by atoms with Crippen LogP contribution in [0.1, 0.15) is 17.4 Å². The molecule has 1 aromatic heterocycles. The highest BCUT2D eigenvalue weighted by Gasteiger charge is 2.17. The fourth-order valence-corrected chi connectivity index (χ4v) is 2.26. The number of carbonyl (C=O) groups is 1. The molecular weight excluding hydrogens is 250 g/mol. The summed E-state index contributed by atoms with van der Waals surface area (Å²) in [5, 5.41) is 10.5. The standard InChI is InChI=1S/C13H17NO3S/c1-10(17-3)13(16)14(2)8-12-7-11(9-18-12)5-4-6-15/h7,9-10,15H,6,8H2,1-3H3. The predicted molar refractivity (Wildman–Crippen MR) is 71.2 cm³/mol. The number of aliphatic hydroxyl groups is 1. The molecule has 0 bridgehead atoms. The lowest BCUT2D eigenvalue weighted by Crippen LogP contribution is -2.35. The van der Waals surface area contributed by atoms with Crippen molar-refractivity contribution in [1.29, 1.82) is 0 Å². The van der Waals surface area contributed by atoms with E-state index in [9.17, 15) is 4.79 Å². The van der Waals surface area contributed by atoms with Crippen molar-refractivity contribution in [2.45, 2.75) is 19.6 Å². The minimum Gasteiger partial charge on any atom is -0.384 e. The average Bonchev–Trinajstić information content (AvgIpc) is 2.81. The largest absolute Gasteiger partial charge is 0.384 e. The van der Waals surface area contributed by atoms with Gasteiger partial charge in [0.25, 0.3) is 5.91 Å². The molecule has 1 heterocycles. The quantitative estimate of drug-likeness (QED) is 0.831. The molecule has 1 aromatic rings. The number of rotatable bonds is 4. The fraction of sp³-hybridized carbons (Fsp3) is 0.462. The third kappa shape index (κ3) is 4.15. The van der Waals surface area contributed by atoms with Crippen LogP contribution in [0.5, 0.6) is 0 Å². The average molecular weight is 267 g/mol. The molecule has 0 fully saturated rings. The number of aliphatic hydroxyl groups excluding tert-OH is 1. The normalized spacial score (nSPS) is 11.6. The van der Waals surface area contributed by atoms with E-state index in [-0.39, 0.29) is 12.5 Å². The molecule has 1 N–H and O–H groups in total. The number of nitrogens with zero attached hydrogens (tertiary/aromatic N) is 1. The summed E-state index contributed by atoms with van der Waals surface area (Å²) in [5.41, 5.74) is 0.865. The third-order valence-electron chi connectivity index (χ3n) is 2.44. The van der Waals surface area contributed by atoms with E-state index in [0.717, 1.165) is 10.4 Å². The Bertz CT molecular complexity index is 458. The Morgan fingerprint density at radius 2 is 2.39 bits per heavy atom. The molecule has 18 heavy (non-hydrogen) atoms. The summed E-state index contributed by atoms with van der Waals surface area (Å²) in [6.07, 6.45) is -0.427. The molecule has 0 aliphatic rings. The maximum Gasteiger partial charge on any atom is 0.251 e. The Balaban J connectivity index is 2.62. The van der Waals surface area contributed by atoms with E-state index >= 15 is 0 Å². The lowest BCUT2D eigenvalue weighted by Gasteiger charge is -2.19. The van der Waals surface area contributed by atoms with Gasteiger partial charge in [0.2, 0.25) is 0 Å². The lowest BCUT2D eigenvalue weighted by molar-refractivity contribution is -0.140. The number of ether oxygens (including phenoxy) is 1. The molecule has 1 rings (SSSR count). The van der Waals surface area contributed by atoms with Crippen molar-refractivity contribution >= 4 is 17.2 Å². The van der Waals surface area contributed by atoms with Crippen LogP contribution in [0.25, 0.3) is 0 Å². The zero-order valence-electron chi connectivity index (χ0n) is 10.8. The van der Waals surface area contributed by atoms with E-state index in [0.29, 0.717) is 6.54 Å². The summed E-state index contributed by atoms with van der Waals surface area (Å²) in [4.78, 5) is 14.5. The summed E-state index contributed by atoms with van der Waals surface area (Å²) in [6, 6.07) is 1.93. The first-order chi connectivity index (χ1) is 8.58. The van der Waals surface area contributed by atoms with Crippen molar-refractivity contribution < 1.29 is 14.6 Å². The van der Waals surface area contributed by atoms with Gasteiger partial charge in [0.1, 0.15) is 12.7 Å². The molecule has 0 aliphatic heterocycles. The number of carbonyl (C=O) groups excluding carboxylic acids is 1. The van der Waals surface area contributed by atoms with Gasteiger partial charge in [0, 0.05) is 30.0 Å². The first-order valence-electron chi connectivity index (χ1n) is 5.53. The van der Waals surface area contributed by atoms with Crippen LogP contribution in [-0.2, 0) is 16.1 Å². The van der Waals surface area contributed by atoms with Gasteiger partial charge in [-0.1, -0.05) is 11.8 Å². The van der Waals surface area contributed by atoms with E-state index in [4.69, 9.17) is 9.84 Å². The highest BCUT2D eigenvalue weighted by atomic mass is 32.1. The van der Waals surface area contributed by atoms with Crippen molar-refractivity contribution in [2.75, 3.05) is 20.8 Å². The number of likely N-dealkylation sites (N-methyl/N-ethyl adjacent to an activating group) is 1. The summed E-state index contributed by atoms with van der Waals surface area (Å²) in [5.74, 6) is 5.38. The van der Waals surface area contributed by atoms with Gasteiger partial charge in [-0.05, 0) is 13.0 Å². The molecule has 98 valence electrons. The van der Waals surface area contributed by atoms with Gasteiger partial charge >= 0.3 is 0 Å². The highest BCUT2D eigenvalue weighted by molar-refractivity contribution is 7.10. The minimum atomic E-state index is -0.427. The first kappa shape index (κ1) is 14.7. The van der Waals surface area contributed by atoms with Crippen LogP contribution in [-0.4, -0.2) is 42.8 Å². The first-order valence-corrected chi connectivity index (χ1v) is 6.41.